The number of hydrogen-bond acceptors (Lipinski definition) is 9. The van der Waals surface area contributed by atoms with Crippen LogP contribution in [-0.4, -0.2) is 53.5 Å². The first-order valence-corrected chi connectivity index (χ1v) is 11.1. The van der Waals surface area contributed by atoms with E-state index >= 15 is 0 Å². The van der Waals surface area contributed by atoms with Gasteiger partial charge < -0.3 is 21.1 Å². The fraction of sp³-hybridized carbons (Fsp3) is 0.292. The SMILES string of the molecule is Cn1nc(-c2ccc(N3CC(C(C)(C)O)C3)nc2)nc1Nc1ccc(-c2ccnc(N)n2)cc1. The fourth-order valence-electron chi connectivity index (χ4n) is 3.82. The number of nitrogen functional groups attached to an aromatic ring is 1. The van der Waals surface area contributed by atoms with Crippen molar-refractivity contribution >= 4 is 23.4 Å². The molecule has 0 unspecified atom stereocenters. The highest BCUT2D eigenvalue weighted by Gasteiger charge is 2.37. The van der Waals surface area contributed by atoms with Crippen LogP contribution < -0.4 is 16.0 Å². The van der Waals surface area contributed by atoms with Gasteiger partial charge in [-0.05, 0) is 44.2 Å². The van der Waals surface area contributed by atoms with E-state index in [4.69, 9.17) is 5.73 Å². The third-order valence-electron chi connectivity index (χ3n) is 6.08. The van der Waals surface area contributed by atoms with Crippen molar-refractivity contribution in [3.05, 3.63) is 54.9 Å². The van der Waals surface area contributed by atoms with Crippen LogP contribution in [0, 0.1) is 5.92 Å². The molecule has 1 saturated heterocycles. The highest BCUT2D eigenvalue weighted by atomic mass is 16.3. The van der Waals surface area contributed by atoms with E-state index in [1.807, 2.05) is 63.4 Å². The van der Waals surface area contributed by atoms with Crippen LogP contribution in [-0.2, 0) is 7.05 Å². The molecule has 0 spiro atoms. The largest absolute Gasteiger partial charge is 0.390 e. The average Bonchev–Trinajstić information content (AvgIpc) is 3.13. The van der Waals surface area contributed by atoms with Gasteiger partial charge >= 0.3 is 0 Å². The van der Waals surface area contributed by atoms with Crippen LogP contribution >= 0.6 is 0 Å². The molecule has 5 rings (SSSR count). The van der Waals surface area contributed by atoms with Crippen LogP contribution in [0.2, 0.25) is 0 Å². The summed E-state index contributed by atoms with van der Waals surface area (Å²) in [5.41, 5.74) is 8.44. The monoisotopic (exact) mass is 457 g/mol. The molecule has 1 fully saturated rings. The van der Waals surface area contributed by atoms with E-state index in [-0.39, 0.29) is 11.9 Å². The standard InChI is InChI=1S/C24H27N9O/c1-24(2,34)17-13-33(14-17)20-9-6-16(12-27-20)21-30-23(32(3)31-21)28-18-7-4-15(5-8-18)19-10-11-26-22(25)29-19/h4-12,17,34H,13-14H2,1-3H3,(H2,25,26,29)(H,28,30,31). The van der Waals surface area contributed by atoms with E-state index in [9.17, 15) is 5.11 Å². The second kappa shape index (κ2) is 8.38. The molecule has 0 radical (unpaired) electrons. The van der Waals surface area contributed by atoms with Gasteiger partial charge in [0.1, 0.15) is 5.82 Å². The molecule has 4 heterocycles. The van der Waals surface area contributed by atoms with Crippen molar-refractivity contribution in [2.24, 2.45) is 13.0 Å². The van der Waals surface area contributed by atoms with Gasteiger partial charge in [-0.25, -0.2) is 19.6 Å². The summed E-state index contributed by atoms with van der Waals surface area (Å²) in [6, 6.07) is 13.6. The van der Waals surface area contributed by atoms with E-state index in [2.05, 4.69) is 35.3 Å². The zero-order valence-electron chi connectivity index (χ0n) is 19.3. The Labute approximate surface area is 197 Å². The van der Waals surface area contributed by atoms with Gasteiger partial charge in [0.2, 0.25) is 11.9 Å². The number of anilines is 4. The Kier molecular flexibility index (Phi) is 5.37. The summed E-state index contributed by atoms with van der Waals surface area (Å²) in [6.45, 7) is 5.31. The number of rotatable bonds is 6. The molecule has 1 aromatic carbocycles. The van der Waals surface area contributed by atoms with E-state index in [0.29, 0.717) is 11.8 Å². The number of benzene rings is 1. The van der Waals surface area contributed by atoms with Crippen LogP contribution in [0.4, 0.5) is 23.4 Å². The maximum Gasteiger partial charge on any atom is 0.225 e. The summed E-state index contributed by atoms with van der Waals surface area (Å²) in [7, 11) is 1.84. The molecule has 0 amide bonds. The summed E-state index contributed by atoms with van der Waals surface area (Å²) in [6.07, 6.45) is 3.43. The van der Waals surface area contributed by atoms with Gasteiger partial charge in [0.25, 0.3) is 0 Å². The van der Waals surface area contributed by atoms with Crippen molar-refractivity contribution < 1.29 is 5.11 Å². The van der Waals surface area contributed by atoms with Crippen LogP contribution in [0.25, 0.3) is 22.6 Å². The third-order valence-corrected chi connectivity index (χ3v) is 6.08. The molecule has 4 aromatic rings. The minimum absolute atomic E-state index is 0.247. The van der Waals surface area contributed by atoms with Crippen molar-refractivity contribution in [3.8, 4) is 22.6 Å². The lowest BCUT2D eigenvalue weighted by molar-refractivity contribution is 0.00439. The zero-order valence-corrected chi connectivity index (χ0v) is 19.3. The molecule has 10 heteroatoms. The smallest absolute Gasteiger partial charge is 0.225 e. The summed E-state index contributed by atoms with van der Waals surface area (Å²) in [5.74, 6) is 2.61. The Morgan fingerprint density at radius 1 is 1.00 bits per heavy atom. The first-order valence-electron chi connectivity index (χ1n) is 11.1. The first kappa shape index (κ1) is 21.8. The maximum absolute atomic E-state index is 10.1. The average molecular weight is 458 g/mol. The zero-order chi connectivity index (χ0) is 23.9. The van der Waals surface area contributed by atoms with Crippen LogP contribution in [0.15, 0.2) is 54.9 Å². The van der Waals surface area contributed by atoms with E-state index in [0.717, 1.165) is 41.4 Å². The van der Waals surface area contributed by atoms with Gasteiger partial charge in [-0.1, -0.05) is 12.1 Å². The van der Waals surface area contributed by atoms with Crippen molar-refractivity contribution in [1.29, 1.82) is 0 Å². The summed E-state index contributed by atoms with van der Waals surface area (Å²) >= 11 is 0. The lowest BCUT2D eigenvalue weighted by Crippen LogP contribution is -2.56. The Balaban J connectivity index is 1.26. The number of aromatic nitrogens is 6. The molecule has 3 aromatic heterocycles. The molecule has 174 valence electrons. The minimum atomic E-state index is -0.665. The van der Waals surface area contributed by atoms with Crippen molar-refractivity contribution in [2.75, 3.05) is 29.0 Å². The highest BCUT2D eigenvalue weighted by molar-refractivity contribution is 5.66. The molecule has 0 bridgehead atoms. The Morgan fingerprint density at radius 3 is 2.38 bits per heavy atom. The van der Waals surface area contributed by atoms with Crippen LogP contribution in [0.5, 0.6) is 0 Å². The number of nitrogens with zero attached hydrogens (tertiary/aromatic N) is 7. The molecule has 34 heavy (non-hydrogen) atoms. The Hall–Kier alpha value is -4.05. The van der Waals surface area contributed by atoms with E-state index in [1.165, 1.54) is 0 Å². The second-order valence-corrected chi connectivity index (χ2v) is 9.05. The van der Waals surface area contributed by atoms with Crippen molar-refractivity contribution in [1.82, 2.24) is 29.7 Å². The van der Waals surface area contributed by atoms with E-state index in [1.54, 1.807) is 17.1 Å². The first-order chi connectivity index (χ1) is 16.3. The van der Waals surface area contributed by atoms with Gasteiger partial charge in [-0.2, -0.15) is 4.98 Å². The lowest BCUT2D eigenvalue weighted by atomic mass is 9.84. The predicted molar refractivity (Wildman–Crippen MR) is 131 cm³/mol. The summed E-state index contributed by atoms with van der Waals surface area (Å²) in [5, 5.41) is 18.0. The molecule has 0 aliphatic carbocycles. The second-order valence-electron chi connectivity index (χ2n) is 9.05. The molecule has 0 saturated carbocycles. The molecule has 4 N–H and O–H groups in total. The molecule has 1 aliphatic rings. The number of aliphatic hydroxyl groups is 1. The quantitative estimate of drug-likeness (QED) is 0.400. The molecular formula is C24H27N9O. The fourth-order valence-corrected chi connectivity index (χ4v) is 3.82. The number of aryl methyl sites for hydroxylation is 1. The van der Waals surface area contributed by atoms with Crippen molar-refractivity contribution in [2.45, 2.75) is 19.4 Å². The van der Waals surface area contributed by atoms with E-state index < -0.39 is 5.60 Å². The van der Waals surface area contributed by atoms with Gasteiger partial charge in [0.05, 0.1) is 11.3 Å². The number of hydrogen-bond donors (Lipinski definition) is 3. The normalized spacial score (nSPS) is 14.2. The number of nitrogens with two attached hydrogens (primary N) is 1. The van der Waals surface area contributed by atoms with Crippen molar-refractivity contribution in [3.63, 3.8) is 0 Å². The molecular weight excluding hydrogens is 430 g/mol. The molecule has 1 aliphatic heterocycles. The minimum Gasteiger partial charge on any atom is -0.390 e. The Bertz CT molecular complexity index is 1290. The molecule has 0 atom stereocenters. The Morgan fingerprint density at radius 2 is 1.74 bits per heavy atom. The lowest BCUT2D eigenvalue weighted by Gasteiger charge is -2.45. The molecule has 10 nitrogen and oxygen atoms in total. The van der Waals surface area contributed by atoms with Gasteiger partial charge in [-0.3, -0.25) is 0 Å². The highest BCUT2D eigenvalue weighted by Crippen LogP contribution is 2.31. The summed E-state index contributed by atoms with van der Waals surface area (Å²) < 4.78 is 1.70. The predicted octanol–water partition coefficient (Wildman–Crippen LogP) is 2.87. The van der Waals surface area contributed by atoms with Gasteiger partial charge in [0, 0.05) is 55.3 Å². The van der Waals surface area contributed by atoms with Gasteiger partial charge in [0.15, 0.2) is 5.82 Å². The number of pyridine rings is 1. The third kappa shape index (κ3) is 4.40. The summed E-state index contributed by atoms with van der Waals surface area (Å²) in [4.78, 5) is 19.5. The topological polar surface area (TPSA) is 131 Å². The maximum atomic E-state index is 10.1. The van der Waals surface area contributed by atoms with Gasteiger partial charge in [-0.15, -0.1) is 5.10 Å². The van der Waals surface area contributed by atoms with Crippen LogP contribution in [0.3, 0.4) is 0 Å². The van der Waals surface area contributed by atoms with Crippen LogP contribution in [0.1, 0.15) is 13.8 Å². The number of nitrogens with one attached hydrogen (secondary N) is 1.